The lowest BCUT2D eigenvalue weighted by Gasteiger charge is -2.22. The van der Waals surface area contributed by atoms with E-state index in [1.807, 2.05) is 36.2 Å². The summed E-state index contributed by atoms with van der Waals surface area (Å²) in [6.07, 6.45) is 3.51. The zero-order valence-corrected chi connectivity index (χ0v) is 11.8. The van der Waals surface area contributed by atoms with Gasteiger partial charge in [-0.05, 0) is 18.2 Å². The first-order valence-electron chi connectivity index (χ1n) is 6.73. The highest BCUT2D eigenvalue weighted by molar-refractivity contribution is 5.98. The van der Waals surface area contributed by atoms with Crippen LogP contribution in [0.1, 0.15) is 5.56 Å². The van der Waals surface area contributed by atoms with Gasteiger partial charge in [0.1, 0.15) is 5.82 Å². The van der Waals surface area contributed by atoms with E-state index in [0.29, 0.717) is 17.8 Å². The van der Waals surface area contributed by atoms with Crippen LogP contribution >= 0.6 is 0 Å². The highest BCUT2D eigenvalue weighted by Crippen LogP contribution is 2.31. The maximum Gasteiger partial charge on any atom is 0.128 e. The van der Waals surface area contributed by atoms with Crippen molar-refractivity contribution in [3.63, 3.8) is 0 Å². The van der Waals surface area contributed by atoms with E-state index < -0.39 is 0 Å². The number of nitrogen functional groups attached to an aromatic ring is 1. The molecule has 0 amide bonds. The number of fused-ring (bicyclic) bond motifs is 1. The van der Waals surface area contributed by atoms with E-state index in [-0.39, 0.29) is 5.82 Å². The minimum Gasteiger partial charge on any atom is -0.397 e. The van der Waals surface area contributed by atoms with Crippen molar-refractivity contribution in [1.29, 1.82) is 0 Å². The molecular weight excluding hydrogens is 265 g/mol. The SMILES string of the molecule is CN(Cc1ccccc1F)c1ccc2cnccc2c1N. The zero-order valence-electron chi connectivity index (χ0n) is 11.8. The third-order valence-electron chi connectivity index (χ3n) is 3.62. The molecule has 3 nitrogen and oxygen atoms in total. The molecule has 0 bridgehead atoms. The summed E-state index contributed by atoms with van der Waals surface area (Å²) in [4.78, 5) is 6.04. The number of benzene rings is 2. The highest BCUT2D eigenvalue weighted by atomic mass is 19.1. The van der Waals surface area contributed by atoms with E-state index in [9.17, 15) is 4.39 Å². The topological polar surface area (TPSA) is 42.2 Å². The summed E-state index contributed by atoms with van der Waals surface area (Å²) in [5.41, 5.74) is 8.47. The van der Waals surface area contributed by atoms with Crippen molar-refractivity contribution in [2.45, 2.75) is 6.54 Å². The molecule has 0 radical (unpaired) electrons. The summed E-state index contributed by atoms with van der Waals surface area (Å²) in [7, 11) is 1.91. The number of nitrogens with two attached hydrogens (primary N) is 1. The quantitative estimate of drug-likeness (QED) is 0.746. The van der Waals surface area contributed by atoms with Gasteiger partial charge in [-0.1, -0.05) is 24.3 Å². The number of nitrogens with zero attached hydrogens (tertiary/aromatic N) is 2. The first-order chi connectivity index (χ1) is 10.2. The maximum absolute atomic E-state index is 13.8. The number of hydrogen-bond donors (Lipinski definition) is 1. The number of hydrogen-bond acceptors (Lipinski definition) is 3. The number of halogens is 1. The van der Waals surface area contributed by atoms with Gasteiger partial charge in [0.05, 0.1) is 11.4 Å². The predicted molar refractivity (Wildman–Crippen MR) is 84.7 cm³/mol. The molecule has 0 aliphatic rings. The molecule has 0 fully saturated rings. The normalized spacial score (nSPS) is 10.8. The fourth-order valence-electron chi connectivity index (χ4n) is 2.48. The van der Waals surface area contributed by atoms with Gasteiger partial charge in [-0.2, -0.15) is 0 Å². The molecule has 0 saturated heterocycles. The second kappa shape index (κ2) is 5.40. The second-order valence-electron chi connectivity index (χ2n) is 5.04. The third kappa shape index (κ3) is 2.52. The average molecular weight is 281 g/mol. The molecule has 4 heteroatoms. The summed E-state index contributed by atoms with van der Waals surface area (Å²) < 4.78 is 13.8. The van der Waals surface area contributed by atoms with E-state index in [2.05, 4.69) is 4.98 Å². The van der Waals surface area contributed by atoms with Crippen LogP contribution in [0, 0.1) is 5.82 Å². The zero-order chi connectivity index (χ0) is 14.8. The Kier molecular flexibility index (Phi) is 3.44. The third-order valence-corrected chi connectivity index (χ3v) is 3.62. The molecule has 2 aromatic carbocycles. The van der Waals surface area contributed by atoms with Gasteiger partial charge < -0.3 is 10.6 Å². The van der Waals surface area contributed by atoms with Crippen molar-refractivity contribution in [3.05, 3.63) is 66.2 Å². The average Bonchev–Trinajstić information content (AvgIpc) is 2.50. The molecule has 106 valence electrons. The van der Waals surface area contributed by atoms with Gasteiger partial charge in [0.15, 0.2) is 0 Å². The minimum atomic E-state index is -0.201. The van der Waals surface area contributed by atoms with Gasteiger partial charge in [0, 0.05) is 42.3 Å². The van der Waals surface area contributed by atoms with Crippen LogP contribution in [0.3, 0.4) is 0 Å². The number of rotatable bonds is 3. The van der Waals surface area contributed by atoms with E-state index >= 15 is 0 Å². The lowest BCUT2D eigenvalue weighted by Crippen LogP contribution is -2.18. The monoisotopic (exact) mass is 281 g/mol. The Morgan fingerprint density at radius 2 is 1.95 bits per heavy atom. The fraction of sp³-hybridized carbons (Fsp3) is 0.118. The molecule has 0 saturated carbocycles. The van der Waals surface area contributed by atoms with Crippen LogP contribution in [0.15, 0.2) is 54.9 Å². The summed E-state index contributed by atoms with van der Waals surface area (Å²) in [6.45, 7) is 0.466. The number of pyridine rings is 1. The first-order valence-corrected chi connectivity index (χ1v) is 6.73. The Morgan fingerprint density at radius 1 is 1.14 bits per heavy atom. The molecule has 1 aromatic heterocycles. The van der Waals surface area contributed by atoms with Crippen LogP contribution in [0.4, 0.5) is 15.8 Å². The largest absolute Gasteiger partial charge is 0.397 e. The molecule has 0 unspecified atom stereocenters. The summed E-state index contributed by atoms with van der Waals surface area (Å²) in [5.74, 6) is -0.201. The summed E-state index contributed by atoms with van der Waals surface area (Å²) in [5, 5.41) is 1.96. The Balaban J connectivity index is 1.97. The van der Waals surface area contributed by atoms with E-state index in [4.69, 9.17) is 5.73 Å². The summed E-state index contributed by atoms with van der Waals surface area (Å²) in [6, 6.07) is 12.6. The van der Waals surface area contributed by atoms with Crippen molar-refractivity contribution in [3.8, 4) is 0 Å². The molecule has 1 heterocycles. The molecule has 21 heavy (non-hydrogen) atoms. The Hall–Kier alpha value is -2.62. The van der Waals surface area contributed by atoms with Gasteiger partial charge in [0.25, 0.3) is 0 Å². The molecule has 2 N–H and O–H groups in total. The molecule has 0 atom stereocenters. The molecular formula is C17H16FN3. The van der Waals surface area contributed by atoms with Crippen molar-refractivity contribution in [1.82, 2.24) is 4.98 Å². The van der Waals surface area contributed by atoms with Crippen LogP contribution < -0.4 is 10.6 Å². The highest BCUT2D eigenvalue weighted by Gasteiger charge is 2.11. The molecule has 0 aliphatic heterocycles. The van der Waals surface area contributed by atoms with Crippen molar-refractivity contribution in [2.75, 3.05) is 17.7 Å². The van der Waals surface area contributed by atoms with E-state index in [0.717, 1.165) is 16.5 Å². The van der Waals surface area contributed by atoms with Crippen molar-refractivity contribution < 1.29 is 4.39 Å². The van der Waals surface area contributed by atoms with Gasteiger partial charge in [-0.3, -0.25) is 4.98 Å². The minimum absolute atomic E-state index is 0.201. The van der Waals surface area contributed by atoms with E-state index in [1.165, 1.54) is 6.07 Å². The lowest BCUT2D eigenvalue weighted by molar-refractivity contribution is 0.608. The maximum atomic E-state index is 13.8. The van der Waals surface area contributed by atoms with Crippen LogP contribution in [0.2, 0.25) is 0 Å². The standard InChI is InChI=1S/C17H16FN3/c1-21(11-13-4-2-3-5-15(13)18)16-7-6-12-10-20-9-8-14(12)17(16)19/h2-10H,11,19H2,1H3. The lowest BCUT2D eigenvalue weighted by atomic mass is 10.1. The first kappa shape index (κ1) is 13.4. The molecule has 3 rings (SSSR count). The Bertz CT molecular complexity index is 786. The smallest absolute Gasteiger partial charge is 0.128 e. The van der Waals surface area contributed by atoms with Crippen LogP contribution in [-0.2, 0) is 6.54 Å². The van der Waals surface area contributed by atoms with Gasteiger partial charge in [-0.25, -0.2) is 4.39 Å². The fourth-order valence-corrected chi connectivity index (χ4v) is 2.48. The van der Waals surface area contributed by atoms with Crippen LogP contribution in [0.5, 0.6) is 0 Å². The van der Waals surface area contributed by atoms with E-state index in [1.54, 1.807) is 24.5 Å². The Morgan fingerprint density at radius 3 is 2.76 bits per heavy atom. The van der Waals surface area contributed by atoms with Crippen molar-refractivity contribution >= 4 is 22.1 Å². The predicted octanol–water partition coefficient (Wildman–Crippen LogP) is 3.59. The molecule has 0 aliphatic carbocycles. The van der Waals surface area contributed by atoms with Crippen LogP contribution in [-0.4, -0.2) is 12.0 Å². The number of anilines is 2. The molecule has 3 aromatic rings. The van der Waals surface area contributed by atoms with Crippen LogP contribution in [0.25, 0.3) is 10.8 Å². The molecule has 0 spiro atoms. The van der Waals surface area contributed by atoms with Gasteiger partial charge in [-0.15, -0.1) is 0 Å². The number of aromatic nitrogens is 1. The second-order valence-corrected chi connectivity index (χ2v) is 5.04. The van der Waals surface area contributed by atoms with Gasteiger partial charge >= 0.3 is 0 Å². The van der Waals surface area contributed by atoms with Gasteiger partial charge in [0.2, 0.25) is 0 Å². The van der Waals surface area contributed by atoms with Crippen molar-refractivity contribution in [2.24, 2.45) is 0 Å². The Labute approximate surface area is 122 Å². The summed E-state index contributed by atoms with van der Waals surface area (Å²) >= 11 is 0.